The highest BCUT2D eigenvalue weighted by Crippen LogP contribution is 2.23. The summed E-state index contributed by atoms with van der Waals surface area (Å²) < 4.78 is 0. The zero-order valence-electron chi connectivity index (χ0n) is 13.2. The molecule has 0 radical (unpaired) electrons. The summed E-state index contributed by atoms with van der Waals surface area (Å²) in [5.41, 5.74) is 4.25. The van der Waals surface area contributed by atoms with E-state index in [4.69, 9.17) is 4.98 Å². The average molecular weight is 314 g/mol. The van der Waals surface area contributed by atoms with Crippen LogP contribution in [0.3, 0.4) is 0 Å². The normalized spacial score (nSPS) is 10.8. The Kier molecular flexibility index (Phi) is 3.94. The molecule has 0 aliphatic carbocycles. The predicted octanol–water partition coefficient (Wildman–Crippen LogP) is 4.28. The van der Waals surface area contributed by atoms with Gasteiger partial charge in [-0.2, -0.15) is 0 Å². The minimum atomic E-state index is 0.821. The number of hydrogen-bond donors (Lipinski definition) is 2. The second-order valence-electron chi connectivity index (χ2n) is 5.67. The number of imidazole rings is 1. The highest BCUT2D eigenvalue weighted by molar-refractivity contribution is 5.88. The van der Waals surface area contributed by atoms with Gasteiger partial charge in [-0.1, -0.05) is 60.7 Å². The highest BCUT2D eigenvalue weighted by atomic mass is 15.0. The van der Waals surface area contributed by atoms with Gasteiger partial charge in [-0.25, -0.2) is 9.97 Å². The number of nitrogens with zero attached hydrogens (tertiary/aromatic N) is 2. The van der Waals surface area contributed by atoms with Crippen molar-refractivity contribution in [2.75, 3.05) is 11.9 Å². The molecule has 0 fully saturated rings. The lowest BCUT2D eigenvalue weighted by Gasteiger charge is -2.05. The van der Waals surface area contributed by atoms with Crippen LogP contribution in [0.5, 0.6) is 0 Å². The van der Waals surface area contributed by atoms with Crippen molar-refractivity contribution < 1.29 is 0 Å². The zero-order valence-corrected chi connectivity index (χ0v) is 13.2. The number of H-pyrrole nitrogens is 1. The van der Waals surface area contributed by atoms with Gasteiger partial charge in [-0.05, 0) is 18.1 Å². The van der Waals surface area contributed by atoms with Gasteiger partial charge < -0.3 is 10.3 Å². The monoisotopic (exact) mass is 314 g/mol. The Morgan fingerprint density at radius 3 is 2.42 bits per heavy atom. The van der Waals surface area contributed by atoms with E-state index in [0.717, 1.165) is 41.2 Å². The van der Waals surface area contributed by atoms with E-state index in [1.807, 2.05) is 42.5 Å². The molecule has 2 aromatic heterocycles. The Morgan fingerprint density at radius 2 is 1.62 bits per heavy atom. The molecule has 2 heterocycles. The van der Waals surface area contributed by atoms with Gasteiger partial charge in [-0.3, -0.25) is 0 Å². The number of aromatic amines is 1. The number of nitrogens with one attached hydrogen (secondary N) is 2. The summed E-state index contributed by atoms with van der Waals surface area (Å²) in [5, 5.41) is 3.41. The van der Waals surface area contributed by atoms with Gasteiger partial charge >= 0.3 is 0 Å². The van der Waals surface area contributed by atoms with E-state index in [2.05, 4.69) is 39.6 Å². The lowest BCUT2D eigenvalue weighted by Crippen LogP contribution is -2.06. The van der Waals surface area contributed by atoms with E-state index in [1.165, 1.54) is 5.56 Å². The number of fused-ring (bicyclic) bond motifs is 1. The minimum absolute atomic E-state index is 0.821. The molecule has 2 N–H and O–H groups in total. The SMILES string of the molecule is c1ccc(CCNc2nccc3[nH]c(-c4ccccc4)nc23)cc1. The number of benzene rings is 2. The van der Waals surface area contributed by atoms with Crippen LogP contribution in [0.2, 0.25) is 0 Å². The van der Waals surface area contributed by atoms with Gasteiger partial charge in [-0.15, -0.1) is 0 Å². The first-order chi connectivity index (χ1) is 11.9. The Morgan fingerprint density at radius 1 is 0.875 bits per heavy atom. The van der Waals surface area contributed by atoms with Crippen LogP contribution in [-0.2, 0) is 6.42 Å². The van der Waals surface area contributed by atoms with Gasteiger partial charge in [0.2, 0.25) is 0 Å². The molecule has 118 valence electrons. The molecule has 4 nitrogen and oxygen atoms in total. The van der Waals surface area contributed by atoms with Crippen LogP contribution in [0.1, 0.15) is 5.56 Å². The first kappa shape index (κ1) is 14.5. The second-order valence-corrected chi connectivity index (χ2v) is 5.67. The van der Waals surface area contributed by atoms with Gasteiger partial charge in [0.1, 0.15) is 11.3 Å². The quantitative estimate of drug-likeness (QED) is 0.578. The van der Waals surface area contributed by atoms with Crippen LogP contribution in [0.15, 0.2) is 72.9 Å². The molecule has 0 bridgehead atoms. The van der Waals surface area contributed by atoms with Crippen LogP contribution in [0.25, 0.3) is 22.4 Å². The summed E-state index contributed by atoms with van der Waals surface area (Å²) in [6, 6.07) is 22.5. The Balaban J connectivity index is 1.56. The van der Waals surface area contributed by atoms with Crippen molar-refractivity contribution in [3.63, 3.8) is 0 Å². The van der Waals surface area contributed by atoms with Crippen LogP contribution >= 0.6 is 0 Å². The number of anilines is 1. The Labute approximate surface area is 140 Å². The molecular weight excluding hydrogens is 296 g/mol. The summed E-state index contributed by atoms with van der Waals surface area (Å²) in [4.78, 5) is 12.5. The van der Waals surface area contributed by atoms with Crippen LogP contribution in [0.4, 0.5) is 5.82 Å². The molecule has 4 heteroatoms. The van der Waals surface area contributed by atoms with Crippen molar-refractivity contribution in [3.8, 4) is 11.4 Å². The van der Waals surface area contributed by atoms with E-state index in [-0.39, 0.29) is 0 Å². The van der Waals surface area contributed by atoms with Gasteiger partial charge in [0.25, 0.3) is 0 Å². The standard InChI is InChI=1S/C20H18N4/c1-3-7-15(8-4-1)11-13-21-20-18-17(12-14-22-20)23-19(24-18)16-9-5-2-6-10-16/h1-10,12,14H,11,13H2,(H,21,22)(H,23,24). The first-order valence-electron chi connectivity index (χ1n) is 8.08. The summed E-state index contributed by atoms with van der Waals surface area (Å²) in [7, 11) is 0. The van der Waals surface area contributed by atoms with Crippen molar-refractivity contribution in [1.82, 2.24) is 15.0 Å². The van der Waals surface area contributed by atoms with Gasteiger partial charge in [0, 0.05) is 18.3 Å². The lowest BCUT2D eigenvalue weighted by molar-refractivity contribution is 1.01. The highest BCUT2D eigenvalue weighted by Gasteiger charge is 2.09. The maximum absolute atomic E-state index is 4.73. The topological polar surface area (TPSA) is 53.6 Å². The fourth-order valence-corrected chi connectivity index (χ4v) is 2.77. The number of hydrogen-bond acceptors (Lipinski definition) is 3. The Hall–Kier alpha value is -3.14. The number of pyridine rings is 1. The smallest absolute Gasteiger partial charge is 0.154 e. The molecule has 0 amide bonds. The molecule has 0 aliphatic heterocycles. The van der Waals surface area contributed by atoms with Crippen molar-refractivity contribution in [2.45, 2.75) is 6.42 Å². The molecule has 0 saturated heterocycles. The minimum Gasteiger partial charge on any atom is -0.368 e. The Bertz CT molecular complexity index is 930. The van der Waals surface area contributed by atoms with Gasteiger partial charge in [0.15, 0.2) is 5.82 Å². The van der Waals surface area contributed by atoms with Crippen molar-refractivity contribution >= 4 is 16.9 Å². The maximum atomic E-state index is 4.73. The second kappa shape index (κ2) is 6.54. The molecule has 0 spiro atoms. The van der Waals surface area contributed by atoms with Crippen LogP contribution in [-0.4, -0.2) is 21.5 Å². The molecule has 2 aromatic carbocycles. The number of rotatable bonds is 5. The third-order valence-corrected chi connectivity index (χ3v) is 4.00. The van der Waals surface area contributed by atoms with Crippen LogP contribution in [0, 0.1) is 0 Å². The van der Waals surface area contributed by atoms with Crippen molar-refractivity contribution in [3.05, 3.63) is 78.5 Å². The molecule has 4 rings (SSSR count). The first-order valence-corrected chi connectivity index (χ1v) is 8.08. The molecular formula is C20H18N4. The average Bonchev–Trinajstić information content (AvgIpc) is 3.09. The lowest BCUT2D eigenvalue weighted by atomic mass is 10.1. The summed E-state index contributed by atoms with van der Waals surface area (Å²) in [5.74, 6) is 1.69. The zero-order chi connectivity index (χ0) is 16.2. The van der Waals surface area contributed by atoms with E-state index in [9.17, 15) is 0 Å². The third kappa shape index (κ3) is 2.99. The van der Waals surface area contributed by atoms with Gasteiger partial charge in [0.05, 0.1) is 5.52 Å². The summed E-state index contributed by atoms with van der Waals surface area (Å²) in [6.45, 7) is 0.823. The third-order valence-electron chi connectivity index (χ3n) is 4.00. The molecule has 0 saturated carbocycles. The van der Waals surface area contributed by atoms with E-state index >= 15 is 0 Å². The van der Waals surface area contributed by atoms with Crippen molar-refractivity contribution in [2.24, 2.45) is 0 Å². The molecule has 4 aromatic rings. The number of aromatic nitrogens is 3. The van der Waals surface area contributed by atoms with Crippen molar-refractivity contribution in [1.29, 1.82) is 0 Å². The molecule has 0 atom stereocenters. The molecule has 24 heavy (non-hydrogen) atoms. The largest absolute Gasteiger partial charge is 0.368 e. The van der Waals surface area contributed by atoms with E-state index in [1.54, 1.807) is 6.20 Å². The fourth-order valence-electron chi connectivity index (χ4n) is 2.77. The van der Waals surface area contributed by atoms with Crippen LogP contribution < -0.4 is 5.32 Å². The molecule has 0 unspecified atom stereocenters. The fraction of sp³-hybridized carbons (Fsp3) is 0.100. The van der Waals surface area contributed by atoms with E-state index < -0.39 is 0 Å². The van der Waals surface area contributed by atoms with E-state index in [0.29, 0.717) is 0 Å². The predicted molar refractivity (Wildman–Crippen MR) is 98.0 cm³/mol. The summed E-state index contributed by atoms with van der Waals surface area (Å²) in [6.07, 6.45) is 2.76. The summed E-state index contributed by atoms with van der Waals surface area (Å²) >= 11 is 0. The molecule has 0 aliphatic rings. The maximum Gasteiger partial charge on any atom is 0.154 e.